The number of aromatic nitrogens is 1. The number of hydrogen-bond donors (Lipinski definition) is 2. The Labute approximate surface area is 90.5 Å². The molecule has 1 rings (SSSR count). The van der Waals surface area contributed by atoms with Gasteiger partial charge in [-0.1, -0.05) is 0 Å². The van der Waals surface area contributed by atoms with Crippen LogP contribution in [0.4, 0.5) is 0 Å². The number of aryl methyl sites for hydroxylation is 1. The number of aliphatic carboxylic acids is 1. The summed E-state index contributed by atoms with van der Waals surface area (Å²) in [6, 6.07) is -0.778. The molecule has 0 aliphatic carbocycles. The Bertz CT molecular complexity index is 314. The van der Waals surface area contributed by atoms with E-state index in [1.165, 1.54) is 11.8 Å². The number of rotatable bonds is 5. The Morgan fingerprint density at radius 3 is 3.07 bits per heavy atom. The molecule has 0 radical (unpaired) electrons. The van der Waals surface area contributed by atoms with Crippen LogP contribution < -0.4 is 5.73 Å². The van der Waals surface area contributed by atoms with Gasteiger partial charge in [0, 0.05) is 16.9 Å². The third kappa shape index (κ3) is 3.65. The third-order valence-electron chi connectivity index (χ3n) is 1.53. The van der Waals surface area contributed by atoms with Crippen molar-refractivity contribution in [1.82, 2.24) is 4.98 Å². The second kappa shape index (κ2) is 5.33. The molecule has 0 spiro atoms. The topological polar surface area (TPSA) is 76.2 Å². The minimum atomic E-state index is -0.952. The molecule has 0 saturated carbocycles. The summed E-state index contributed by atoms with van der Waals surface area (Å²) in [7, 11) is 0. The zero-order valence-corrected chi connectivity index (χ0v) is 9.40. The number of thiazole rings is 1. The minimum absolute atomic E-state index is 0.423. The van der Waals surface area contributed by atoms with Gasteiger partial charge in [-0.05, 0) is 6.92 Å². The van der Waals surface area contributed by atoms with Crippen molar-refractivity contribution >= 4 is 29.1 Å². The second-order valence-corrected chi connectivity index (χ2v) is 4.91. The summed E-state index contributed by atoms with van der Waals surface area (Å²) in [4.78, 5) is 14.7. The van der Waals surface area contributed by atoms with Crippen molar-refractivity contribution in [2.45, 2.75) is 18.7 Å². The van der Waals surface area contributed by atoms with Crippen LogP contribution in [0.3, 0.4) is 0 Å². The first-order chi connectivity index (χ1) is 6.59. The lowest BCUT2D eigenvalue weighted by Gasteiger charge is -2.03. The van der Waals surface area contributed by atoms with Crippen molar-refractivity contribution in [2.75, 3.05) is 5.75 Å². The Kier molecular flexibility index (Phi) is 4.37. The molecule has 14 heavy (non-hydrogen) atoms. The van der Waals surface area contributed by atoms with Gasteiger partial charge in [-0.25, -0.2) is 4.98 Å². The summed E-state index contributed by atoms with van der Waals surface area (Å²) in [6.07, 6.45) is 0. The quantitative estimate of drug-likeness (QED) is 0.795. The van der Waals surface area contributed by atoms with Gasteiger partial charge in [-0.2, -0.15) is 11.8 Å². The first kappa shape index (κ1) is 11.5. The van der Waals surface area contributed by atoms with Crippen LogP contribution in [0.25, 0.3) is 0 Å². The summed E-state index contributed by atoms with van der Waals surface area (Å²) in [6.45, 7) is 1.95. The van der Waals surface area contributed by atoms with E-state index < -0.39 is 12.0 Å². The maximum atomic E-state index is 10.4. The van der Waals surface area contributed by atoms with E-state index in [2.05, 4.69) is 4.98 Å². The normalized spacial score (nSPS) is 12.7. The highest BCUT2D eigenvalue weighted by atomic mass is 32.2. The smallest absolute Gasteiger partial charge is 0.321 e. The minimum Gasteiger partial charge on any atom is -0.480 e. The van der Waals surface area contributed by atoms with Crippen LogP contribution in [0.15, 0.2) is 5.38 Å². The van der Waals surface area contributed by atoms with Gasteiger partial charge in [0.1, 0.15) is 6.04 Å². The Balaban J connectivity index is 2.25. The zero-order chi connectivity index (χ0) is 10.6. The van der Waals surface area contributed by atoms with Crippen molar-refractivity contribution in [2.24, 2.45) is 5.73 Å². The van der Waals surface area contributed by atoms with Gasteiger partial charge in [0.2, 0.25) is 0 Å². The molecule has 0 amide bonds. The van der Waals surface area contributed by atoms with Crippen LogP contribution >= 0.6 is 23.1 Å². The van der Waals surface area contributed by atoms with Crippen LogP contribution in [-0.2, 0) is 10.5 Å². The molecule has 0 aromatic carbocycles. The van der Waals surface area contributed by atoms with Crippen LogP contribution in [0.1, 0.15) is 10.7 Å². The molecule has 1 aromatic heterocycles. The SMILES string of the molecule is Cc1nc(CSC[C@@H](N)C(=O)O)cs1. The Hall–Kier alpha value is -0.590. The summed E-state index contributed by atoms with van der Waals surface area (Å²) >= 11 is 3.09. The molecule has 0 saturated heterocycles. The number of thioether (sulfide) groups is 1. The number of nitrogens with zero attached hydrogens (tertiary/aromatic N) is 1. The highest BCUT2D eigenvalue weighted by molar-refractivity contribution is 7.98. The predicted octanol–water partition coefficient (Wildman–Crippen LogP) is 1.10. The Morgan fingerprint density at radius 2 is 2.57 bits per heavy atom. The summed E-state index contributed by atoms with van der Waals surface area (Å²) in [5.74, 6) is 0.198. The highest BCUT2D eigenvalue weighted by Gasteiger charge is 2.11. The monoisotopic (exact) mass is 232 g/mol. The van der Waals surface area contributed by atoms with E-state index in [4.69, 9.17) is 10.8 Å². The molecule has 0 bridgehead atoms. The molecule has 0 fully saturated rings. The fourth-order valence-electron chi connectivity index (χ4n) is 0.836. The fraction of sp³-hybridized carbons (Fsp3) is 0.500. The van der Waals surface area contributed by atoms with Gasteiger partial charge < -0.3 is 10.8 Å². The van der Waals surface area contributed by atoms with E-state index in [9.17, 15) is 4.79 Å². The van der Waals surface area contributed by atoms with Gasteiger partial charge >= 0.3 is 5.97 Å². The molecule has 0 aliphatic heterocycles. The maximum Gasteiger partial charge on any atom is 0.321 e. The average Bonchev–Trinajstić information content (AvgIpc) is 2.51. The molecule has 0 unspecified atom stereocenters. The van der Waals surface area contributed by atoms with Crippen LogP contribution in [0.5, 0.6) is 0 Å². The zero-order valence-electron chi connectivity index (χ0n) is 7.77. The molecule has 4 nitrogen and oxygen atoms in total. The molecule has 1 aromatic rings. The van der Waals surface area contributed by atoms with E-state index in [0.29, 0.717) is 5.75 Å². The molecule has 6 heteroatoms. The highest BCUT2D eigenvalue weighted by Crippen LogP contribution is 2.15. The summed E-state index contributed by atoms with van der Waals surface area (Å²) < 4.78 is 0. The first-order valence-corrected chi connectivity index (χ1v) is 6.10. The van der Waals surface area contributed by atoms with Crippen LogP contribution in [0.2, 0.25) is 0 Å². The van der Waals surface area contributed by atoms with E-state index in [0.717, 1.165) is 16.5 Å². The van der Waals surface area contributed by atoms with E-state index in [1.54, 1.807) is 11.3 Å². The van der Waals surface area contributed by atoms with Crippen molar-refractivity contribution in [3.05, 3.63) is 16.1 Å². The van der Waals surface area contributed by atoms with Gasteiger partial charge in [-0.3, -0.25) is 4.79 Å². The van der Waals surface area contributed by atoms with E-state index in [-0.39, 0.29) is 0 Å². The Morgan fingerprint density at radius 1 is 1.86 bits per heavy atom. The van der Waals surface area contributed by atoms with Gasteiger partial charge in [0.25, 0.3) is 0 Å². The molecular weight excluding hydrogens is 220 g/mol. The van der Waals surface area contributed by atoms with Crippen molar-refractivity contribution in [3.63, 3.8) is 0 Å². The lowest BCUT2D eigenvalue weighted by molar-refractivity contribution is -0.137. The molecule has 0 aliphatic rings. The van der Waals surface area contributed by atoms with Crippen LogP contribution in [-0.4, -0.2) is 27.9 Å². The van der Waals surface area contributed by atoms with Crippen molar-refractivity contribution in [3.8, 4) is 0 Å². The number of carbonyl (C=O) groups is 1. The first-order valence-electron chi connectivity index (χ1n) is 4.06. The molecular formula is C8H12N2O2S2. The molecule has 1 atom stereocenters. The largest absolute Gasteiger partial charge is 0.480 e. The lowest BCUT2D eigenvalue weighted by atomic mass is 10.4. The van der Waals surface area contributed by atoms with Gasteiger partial charge in [0.15, 0.2) is 0 Å². The maximum absolute atomic E-state index is 10.4. The third-order valence-corrected chi connectivity index (χ3v) is 3.45. The molecule has 3 N–H and O–H groups in total. The average molecular weight is 232 g/mol. The van der Waals surface area contributed by atoms with E-state index >= 15 is 0 Å². The molecule has 1 heterocycles. The summed E-state index contributed by atoms with van der Waals surface area (Å²) in [5.41, 5.74) is 6.34. The fourth-order valence-corrected chi connectivity index (χ4v) is 2.43. The van der Waals surface area contributed by atoms with E-state index in [1.807, 2.05) is 12.3 Å². The van der Waals surface area contributed by atoms with Crippen molar-refractivity contribution < 1.29 is 9.90 Å². The predicted molar refractivity (Wildman–Crippen MR) is 58.6 cm³/mol. The standard InChI is InChI=1S/C8H12N2O2S2/c1-5-10-6(3-14-5)2-13-4-7(9)8(11)12/h3,7H,2,4,9H2,1H3,(H,11,12)/t7-/m1/s1. The van der Waals surface area contributed by atoms with Gasteiger partial charge in [-0.15, -0.1) is 11.3 Å². The molecule has 78 valence electrons. The lowest BCUT2D eigenvalue weighted by Crippen LogP contribution is -2.32. The number of hydrogen-bond acceptors (Lipinski definition) is 5. The number of nitrogens with two attached hydrogens (primary N) is 1. The summed E-state index contributed by atoms with van der Waals surface area (Å²) in [5, 5.41) is 11.5. The van der Waals surface area contributed by atoms with Crippen LogP contribution in [0, 0.1) is 6.92 Å². The second-order valence-electron chi connectivity index (χ2n) is 2.82. The van der Waals surface area contributed by atoms with Crippen molar-refractivity contribution in [1.29, 1.82) is 0 Å². The number of carboxylic acid groups (broad SMARTS) is 1. The van der Waals surface area contributed by atoms with Gasteiger partial charge in [0.05, 0.1) is 10.7 Å². The number of carboxylic acids is 1.